The predicted octanol–water partition coefficient (Wildman–Crippen LogP) is 3.53. The number of nitrogens with zero attached hydrogens (tertiary/aromatic N) is 5. The third-order valence-corrected chi connectivity index (χ3v) is 5.90. The van der Waals surface area contributed by atoms with Crippen molar-refractivity contribution in [3.8, 4) is 17.2 Å². The van der Waals surface area contributed by atoms with Gasteiger partial charge in [0, 0.05) is 37.7 Å². The van der Waals surface area contributed by atoms with E-state index in [2.05, 4.69) is 37.5 Å². The summed E-state index contributed by atoms with van der Waals surface area (Å²) in [6.07, 6.45) is 4.24. The molecule has 0 spiro atoms. The molecule has 0 radical (unpaired) electrons. The molecule has 5 rings (SSSR count). The van der Waals surface area contributed by atoms with Crippen LogP contribution in [0.25, 0.3) is 16.9 Å². The molecule has 0 aliphatic heterocycles. The van der Waals surface area contributed by atoms with Crippen LogP contribution in [0.4, 0.5) is 17.3 Å². The summed E-state index contributed by atoms with van der Waals surface area (Å²) in [7, 11) is 3.17. The zero-order chi connectivity index (χ0) is 28.2. The van der Waals surface area contributed by atoms with Crippen LogP contribution in [0.1, 0.15) is 10.5 Å². The van der Waals surface area contributed by atoms with Crippen LogP contribution >= 0.6 is 0 Å². The highest BCUT2D eigenvalue weighted by Gasteiger charge is 2.16. The second-order valence-corrected chi connectivity index (χ2v) is 8.53. The molecule has 5 aromatic rings. The van der Waals surface area contributed by atoms with Gasteiger partial charge in [-0.15, -0.1) is 0 Å². The van der Waals surface area contributed by atoms with E-state index >= 15 is 0 Å². The number of pyridine rings is 1. The van der Waals surface area contributed by atoms with E-state index in [0.29, 0.717) is 39.7 Å². The van der Waals surface area contributed by atoms with Crippen molar-refractivity contribution < 1.29 is 14.3 Å². The van der Waals surface area contributed by atoms with E-state index in [1.807, 2.05) is 0 Å². The summed E-state index contributed by atoms with van der Waals surface area (Å²) < 4.78 is 8.75. The number of aromatic nitrogens is 5. The summed E-state index contributed by atoms with van der Waals surface area (Å²) in [5.41, 5.74) is 2.59. The Bertz CT molecular complexity index is 1810. The van der Waals surface area contributed by atoms with Crippen LogP contribution in [0.3, 0.4) is 0 Å². The van der Waals surface area contributed by atoms with Gasteiger partial charge in [-0.05, 0) is 54.6 Å². The van der Waals surface area contributed by atoms with E-state index in [-0.39, 0.29) is 29.1 Å². The number of amides is 2. The Labute approximate surface area is 228 Å². The van der Waals surface area contributed by atoms with Crippen molar-refractivity contribution in [2.24, 2.45) is 7.05 Å². The van der Waals surface area contributed by atoms with Crippen LogP contribution < -0.4 is 26.4 Å². The standard InChI is InChI=1S/C28H24N8O4/c1-4-24(37)32-18-6-5-7-19(14-18)36-25-23(35(3)28(36)39)16-31-27(34-25)33-17-8-10-20(11-9-17)40-21-12-13-30-22(15-21)26(38)29-2/h4-16H,1H2,2-3H3,(H,29,38)(H,32,37)(H,31,33,34). The summed E-state index contributed by atoms with van der Waals surface area (Å²) in [6.45, 7) is 3.46. The van der Waals surface area contributed by atoms with Crippen LogP contribution in [0, 0.1) is 0 Å². The normalized spacial score (nSPS) is 10.7. The summed E-state index contributed by atoms with van der Waals surface area (Å²) in [6, 6.07) is 17.2. The molecule has 0 bridgehead atoms. The first-order chi connectivity index (χ1) is 19.4. The summed E-state index contributed by atoms with van der Waals surface area (Å²) >= 11 is 0. The van der Waals surface area contributed by atoms with Gasteiger partial charge in [-0.1, -0.05) is 12.6 Å². The van der Waals surface area contributed by atoms with Gasteiger partial charge in [0.25, 0.3) is 5.91 Å². The van der Waals surface area contributed by atoms with E-state index in [4.69, 9.17) is 4.74 Å². The molecule has 3 N–H and O–H groups in total. The fourth-order valence-corrected chi connectivity index (χ4v) is 3.92. The highest BCUT2D eigenvalue weighted by atomic mass is 16.5. The summed E-state index contributed by atoms with van der Waals surface area (Å²) in [5, 5.41) is 8.36. The van der Waals surface area contributed by atoms with Gasteiger partial charge >= 0.3 is 5.69 Å². The molecule has 2 aromatic carbocycles. The Hall–Kier alpha value is -5.78. The number of hydrogen-bond donors (Lipinski definition) is 3. The molecular formula is C28H24N8O4. The lowest BCUT2D eigenvalue weighted by molar-refractivity contribution is -0.111. The van der Waals surface area contributed by atoms with Gasteiger partial charge in [0.05, 0.1) is 11.9 Å². The number of fused-ring (bicyclic) bond motifs is 1. The maximum absolute atomic E-state index is 13.1. The number of rotatable bonds is 8. The molecule has 12 nitrogen and oxygen atoms in total. The smallest absolute Gasteiger partial charge is 0.334 e. The molecule has 0 saturated carbocycles. The highest BCUT2D eigenvalue weighted by Crippen LogP contribution is 2.25. The maximum atomic E-state index is 13.1. The quantitative estimate of drug-likeness (QED) is 0.255. The molecule has 0 unspecified atom stereocenters. The lowest BCUT2D eigenvalue weighted by atomic mass is 10.2. The van der Waals surface area contributed by atoms with Crippen LogP contribution in [-0.2, 0) is 11.8 Å². The van der Waals surface area contributed by atoms with E-state index in [9.17, 15) is 14.4 Å². The van der Waals surface area contributed by atoms with Crippen molar-refractivity contribution in [1.82, 2.24) is 29.4 Å². The molecule has 3 heterocycles. The first-order valence-corrected chi connectivity index (χ1v) is 12.1. The number of ether oxygens (including phenoxy) is 1. The average Bonchev–Trinajstić information content (AvgIpc) is 3.22. The Morgan fingerprint density at radius 2 is 1.80 bits per heavy atom. The number of anilines is 3. The molecule has 200 valence electrons. The van der Waals surface area contributed by atoms with Crippen LogP contribution in [0.5, 0.6) is 11.5 Å². The monoisotopic (exact) mass is 536 g/mol. The van der Waals surface area contributed by atoms with Gasteiger partial charge in [0.1, 0.15) is 22.7 Å². The molecule has 3 aromatic heterocycles. The minimum absolute atomic E-state index is 0.249. The van der Waals surface area contributed by atoms with Crippen LogP contribution in [-0.4, -0.2) is 42.9 Å². The van der Waals surface area contributed by atoms with Crippen molar-refractivity contribution in [3.63, 3.8) is 0 Å². The molecule has 0 atom stereocenters. The molecule has 0 fully saturated rings. The number of nitrogens with one attached hydrogen (secondary N) is 3. The number of aryl methyl sites for hydroxylation is 1. The van der Waals surface area contributed by atoms with Gasteiger partial charge in [-0.3, -0.25) is 19.1 Å². The second-order valence-electron chi connectivity index (χ2n) is 8.53. The SMILES string of the molecule is C=CC(=O)Nc1cccc(-n2c(=O)n(C)c3cnc(Nc4ccc(Oc5ccnc(C(=O)NC)c5)cc4)nc32)c1. The van der Waals surface area contributed by atoms with Crippen molar-refractivity contribution >= 4 is 40.3 Å². The van der Waals surface area contributed by atoms with Gasteiger partial charge in [0.15, 0.2) is 5.65 Å². The molecular weight excluding hydrogens is 512 g/mol. The summed E-state index contributed by atoms with van der Waals surface area (Å²) in [4.78, 5) is 49.6. The number of hydrogen-bond acceptors (Lipinski definition) is 8. The van der Waals surface area contributed by atoms with Gasteiger partial charge in [0.2, 0.25) is 11.9 Å². The molecule has 12 heteroatoms. The number of benzene rings is 2. The largest absolute Gasteiger partial charge is 0.457 e. The Balaban J connectivity index is 1.39. The lowest BCUT2D eigenvalue weighted by Crippen LogP contribution is -2.21. The molecule has 40 heavy (non-hydrogen) atoms. The number of carbonyl (C=O) groups excluding carboxylic acids is 2. The molecule has 0 aliphatic rings. The Morgan fingerprint density at radius 3 is 2.55 bits per heavy atom. The minimum Gasteiger partial charge on any atom is -0.457 e. The second kappa shape index (κ2) is 10.9. The van der Waals surface area contributed by atoms with Crippen molar-refractivity contribution in [2.45, 2.75) is 0 Å². The summed E-state index contributed by atoms with van der Waals surface area (Å²) in [5.74, 6) is 0.635. The van der Waals surface area contributed by atoms with Crippen molar-refractivity contribution in [2.75, 3.05) is 17.7 Å². The van der Waals surface area contributed by atoms with Crippen molar-refractivity contribution in [3.05, 3.63) is 102 Å². The molecule has 2 amide bonds. The van der Waals surface area contributed by atoms with E-state index in [1.165, 1.54) is 28.5 Å². The average molecular weight is 537 g/mol. The third-order valence-electron chi connectivity index (χ3n) is 5.90. The van der Waals surface area contributed by atoms with E-state index in [1.54, 1.807) is 73.9 Å². The third kappa shape index (κ3) is 5.27. The fraction of sp³-hybridized carbons (Fsp3) is 0.0714. The zero-order valence-electron chi connectivity index (χ0n) is 21.6. The van der Waals surface area contributed by atoms with Gasteiger partial charge < -0.3 is 20.7 Å². The Kier molecular flexibility index (Phi) is 7.05. The molecule has 0 saturated heterocycles. The van der Waals surface area contributed by atoms with Gasteiger partial charge in [-0.25, -0.2) is 14.3 Å². The fourth-order valence-electron chi connectivity index (χ4n) is 3.92. The number of imidazole rings is 1. The topological polar surface area (TPSA) is 145 Å². The van der Waals surface area contributed by atoms with Crippen molar-refractivity contribution in [1.29, 1.82) is 0 Å². The van der Waals surface area contributed by atoms with E-state index < -0.39 is 0 Å². The van der Waals surface area contributed by atoms with E-state index in [0.717, 1.165) is 0 Å². The van der Waals surface area contributed by atoms with Gasteiger partial charge in [-0.2, -0.15) is 4.98 Å². The van der Waals surface area contributed by atoms with Crippen LogP contribution in [0.15, 0.2) is 90.5 Å². The minimum atomic E-state index is -0.359. The lowest BCUT2D eigenvalue weighted by Gasteiger charge is -2.09. The highest BCUT2D eigenvalue weighted by molar-refractivity contribution is 5.99. The molecule has 0 aliphatic carbocycles. The zero-order valence-corrected chi connectivity index (χ0v) is 21.6. The number of carbonyl (C=O) groups is 2. The van der Waals surface area contributed by atoms with Crippen LogP contribution in [0.2, 0.25) is 0 Å². The predicted molar refractivity (Wildman–Crippen MR) is 150 cm³/mol. The maximum Gasteiger partial charge on any atom is 0.334 e. The first kappa shape index (κ1) is 25.9. The Morgan fingerprint density at radius 1 is 1.00 bits per heavy atom. The first-order valence-electron chi connectivity index (χ1n) is 12.1.